The van der Waals surface area contributed by atoms with E-state index in [0.29, 0.717) is 56.2 Å². The van der Waals surface area contributed by atoms with Crippen LogP contribution < -0.4 is 9.47 Å². The molecule has 7 heteroatoms. The molecule has 3 heterocycles. The number of likely N-dealkylation sites (tertiary alicyclic amines) is 1. The molecule has 27 heavy (non-hydrogen) atoms. The number of ether oxygens (including phenoxy) is 3. The van der Waals surface area contributed by atoms with Crippen LogP contribution in [0.5, 0.6) is 11.5 Å². The number of hydrogen-bond acceptors (Lipinski definition) is 6. The zero-order valence-electron chi connectivity index (χ0n) is 15.9. The molecule has 1 spiro atoms. The summed E-state index contributed by atoms with van der Waals surface area (Å²) >= 11 is 0. The fraction of sp³-hybridized carbons (Fsp3) is 0.600. The number of hydrogen-bond donors (Lipinski definition) is 0. The van der Waals surface area contributed by atoms with Crippen LogP contribution in [0.15, 0.2) is 18.2 Å². The highest BCUT2D eigenvalue weighted by molar-refractivity contribution is 5.95. The molecule has 1 amide bonds. The highest BCUT2D eigenvalue weighted by Gasteiger charge is 2.50. The van der Waals surface area contributed by atoms with Gasteiger partial charge in [0.1, 0.15) is 19.3 Å². The van der Waals surface area contributed by atoms with Crippen LogP contribution in [0.3, 0.4) is 0 Å². The second-order valence-electron chi connectivity index (χ2n) is 7.92. The topological polar surface area (TPSA) is 68.3 Å². The summed E-state index contributed by atoms with van der Waals surface area (Å²) in [4.78, 5) is 29.2. The highest BCUT2D eigenvalue weighted by atomic mass is 16.6. The number of likely N-dealkylation sites (N-methyl/N-ethyl adjacent to an activating group) is 1. The van der Waals surface area contributed by atoms with Crippen molar-refractivity contribution < 1.29 is 23.8 Å². The van der Waals surface area contributed by atoms with Gasteiger partial charge in [-0.05, 0) is 45.1 Å². The molecule has 4 rings (SSSR count). The van der Waals surface area contributed by atoms with E-state index in [2.05, 4.69) is 0 Å². The van der Waals surface area contributed by atoms with Crippen molar-refractivity contribution in [2.75, 3.05) is 46.9 Å². The maximum Gasteiger partial charge on any atom is 0.312 e. The van der Waals surface area contributed by atoms with Crippen molar-refractivity contribution in [1.82, 2.24) is 9.80 Å². The van der Waals surface area contributed by atoms with E-state index in [-0.39, 0.29) is 18.0 Å². The van der Waals surface area contributed by atoms with Gasteiger partial charge in [-0.3, -0.25) is 9.59 Å². The minimum absolute atomic E-state index is 0.0296. The van der Waals surface area contributed by atoms with E-state index in [1.807, 2.05) is 23.9 Å². The van der Waals surface area contributed by atoms with Gasteiger partial charge in [-0.1, -0.05) is 0 Å². The zero-order chi connectivity index (χ0) is 19.0. The van der Waals surface area contributed by atoms with E-state index in [1.54, 1.807) is 18.2 Å². The zero-order valence-corrected chi connectivity index (χ0v) is 15.9. The van der Waals surface area contributed by atoms with Crippen molar-refractivity contribution in [3.8, 4) is 11.5 Å². The predicted molar refractivity (Wildman–Crippen MR) is 98.1 cm³/mol. The van der Waals surface area contributed by atoms with Crippen LogP contribution in [0.25, 0.3) is 0 Å². The predicted octanol–water partition coefficient (Wildman–Crippen LogP) is 1.56. The molecule has 0 saturated carbocycles. The molecule has 0 N–H and O–H groups in total. The lowest BCUT2D eigenvalue weighted by atomic mass is 9.76. The van der Waals surface area contributed by atoms with Crippen LogP contribution in [-0.4, -0.2) is 74.7 Å². The van der Waals surface area contributed by atoms with Crippen LogP contribution in [0.1, 0.15) is 29.6 Å². The summed E-state index contributed by atoms with van der Waals surface area (Å²) in [6, 6.07) is 5.31. The second-order valence-corrected chi connectivity index (χ2v) is 7.92. The molecule has 0 radical (unpaired) electrons. The minimum atomic E-state index is -0.426. The summed E-state index contributed by atoms with van der Waals surface area (Å²) in [5, 5.41) is 0. The Hall–Kier alpha value is -2.28. The number of cyclic esters (lactones) is 1. The van der Waals surface area contributed by atoms with Crippen LogP contribution in [0, 0.1) is 5.41 Å². The van der Waals surface area contributed by atoms with Gasteiger partial charge in [0.25, 0.3) is 5.91 Å². The van der Waals surface area contributed by atoms with Crippen LogP contribution >= 0.6 is 0 Å². The van der Waals surface area contributed by atoms with E-state index in [4.69, 9.17) is 14.2 Å². The van der Waals surface area contributed by atoms with Crippen molar-refractivity contribution in [2.24, 2.45) is 5.41 Å². The van der Waals surface area contributed by atoms with Crippen LogP contribution in [0.2, 0.25) is 0 Å². The van der Waals surface area contributed by atoms with Gasteiger partial charge in [-0.2, -0.15) is 0 Å². The van der Waals surface area contributed by atoms with Gasteiger partial charge in [0, 0.05) is 31.6 Å². The number of benzene rings is 1. The SMILES string of the molecule is CN(C)CC1CC2(CCN(C(=O)c3ccc4c(c3)OCCO4)CC2)C(=O)O1. The molecule has 0 aromatic heterocycles. The van der Waals surface area contributed by atoms with Crippen LogP contribution in [-0.2, 0) is 9.53 Å². The van der Waals surface area contributed by atoms with E-state index >= 15 is 0 Å². The smallest absolute Gasteiger partial charge is 0.312 e. The number of fused-ring (bicyclic) bond motifs is 1. The summed E-state index contributed by atoms with van der Waals surface area (Å²) in [5.74, 6) is 1.17. The Morgan fingerprint density at radius 3 is 2.59 bits per heavy atom. The average molecular weight is 374 g/mol. The largest absolute Gasteiger partial charge is 0.486 e. The number of nitrogens with zero attached hydrogens (tertiary/aromatic N) is 2. The molecule has 0 aliphatic carbocycles. The summed E-state index contributed by atoms with van der Waals surface area (Å²) in [5.41, 5.74) is 0.166. The van der Waals surface area contributed by atoms with Gasteiger partial charge in [0.15, 0.2) is 11.5 Å². The standard InChI is InChI=1S/C20H26N2O5/c1-21(2)13-15-12-20(19(24)27-15)5-7-22(8-6-20)18(23)14-3-4-16-17(11-14)26-10-9-25-16/h3-4,11,15H,5-10,12-13H2,1-2H3. The fourth-order valence-corrected chi connectivity index (χ4v) is 4.25. The van der Waals surface area contributed by atoms with E-state index in [0.717, 1.165) is 13.0 Å². The monoisotopic (exact) mass is 374 g/mol. The first-order valence-corrected chi connectivity index (χ1v) is 9.52. The summed E-state index contributed by atoms with van der Waals surface area (Å²) in [7, 11) is 3.96. The molecule has 2 saturated heterocycles. The lowest BCUT2D eigenvalue weighted by molar-refractivity contribution is -0.150. The van der Waals surface area contributed by atoms with Crippen molar-refractivity contribution in [3.63, 3.8) is 0 Å². The van der Waals surface area contributed by atoms with Gasteiger partial charge in [0.05, 0.1) is 5.41 Å². The first-order valence-electron chi connectivity index (χ1n) is 9.52. The summed E-state index contributed by atoms with van der Waals surface area (Å²) in [6.45, 7) is 2.90. The molecule has 1 aromatic carbocycles. The summed E-state index contributed by atoms with van der Waals surface area (Å²) in [6.07, 6.45) is 2.02. The molecule has 1 unspecified atom stereocenters. The number of piperidine rings is 1. The molecule has 3 aliphatic rings. The third kappa shape index (κ3) is 3.48. The molecule has 146 valence electrons. The Morgan fingerprint density at radius 1 is 1.19 bits per heavy atom. The maximum absolute atomic E-state index is 12.9. The highest BCUT2D eigenvalue weighted by Crippen LogP contribution is 2.43. The van der Waals surface area contributed by atoms with Crippen molar-refractivity contribution in [2.45, 2.75) is 25.4 Å². The van der Waals surface area contributed by atoms with Crippen molar-refractivity contribution >= 4 is 11.9 Å². The Morgan fingerprint density at radius 2 is 1.89 bits per heavy atom. The number of carbonyl (C=O) groups excluding carboxylic acids is 2. The molecule has 7 nitrogen and oxygen atoms in total. The quantitative estimate of drug-likeness (QED) is 0.748. The Bertz CT molecular complexity index is 740. The van der Waals surface area contributed by atoms with Gasteiger partial charge in [-0.25, -0.2) is 0 Å². The van der Waals surface area contributed by atoms with E-state index < -0.39 is 5.41 Å². The van der Waals surface area contributed by atoms with Gasteiger partial charge in [0.2, 0.25) is 0 Å². The summed E-state index contributed by atoms with van der Waals surface area (Å²) < 4.78 is 16.7. The Labute approximate surface area is 159 Å². The minimum Gasteiger partial charge on any atom is -0.486 e. The van der Waals surface area contributed by atoms with Crippen LogP contribution in [0.4, 0.5) is 0 Å². The molecule has 2 fully saturated rings. The fourth-order valence-electron chi connectivity index (χ4n) is 4.25. The maximum atomic E-state index is 12.9. The first-order chi connectivity index (χ1) is 13.0. The molecule has 3 aliphatic heterocycles. The van der Waals surface area contributed by atoms with Gasteiger partial charge < -0.3 is 24.0 Å². The van der Waals surface area contributed by atoms with Gasteiger partial charge >= 0.3 is 5.97 Å². The van der Waals surface area contributed by atoms with E-state index in [1.165, 1.54) is 0 Å². The Balaban J connectivity index is 1.40. The molecule has 1 atom stereocenters. The number of amides is 1. The first kappa shape index (κ1) is 18.1. The number of carbonyl (C=O) groups is 2. The normalized spacial score (nSPS) is 23.6. The third-order valence-electron chi connectivity index (χ3n) is 5.69. The lowest BCUT2D eigenvalue weighted by Crippen LogP contribution is -2.45. The molecule has 0 bridgehead atoms. The van der Waals surface area contributed by atoms with Crippen molar-refractivity contribution in [1.29, 1.82) is 0 Å². The lowest BCUT2D eigenvalue weighted by Gasteiger charge is -2.36. The molecular formula is C20H26N2O5. The number of rotatable bonds is 3. The second kappa shape index (κ2) is 7.03. The van der Waals surface area contributed by atoms with E-state index in [9.17, 15) is 9.59 Å². The third-order valence-corrected chi connectivity index (χ3v) is 5.69. The molecular weight excluding hydrogens is 348 g/mol. The molecule has 1 aromatic rings. The van der Waals surface area contributed by atoms with Gasteiger partial charge in [-0.15, -0.1) is 0 Å². The Kier molecular flexibility index (Phi) is 4.72. The average Bonchev–Trinajstić information content (AvgIpc) is 2.95. The van der Waals surface area contributed by atoms with Crippen molar-refractivity contribution in [3.05, 3.63) is 23.8 Å². The number of esters is 1.